The molecule has 8 heteroatoms. The Morgan fingerprint density at radius 3 is 2.80 bits per heavy atom. The molecule has 1 aliphatic heterocycles. The molecule has 1 fully saturated rings. The van der Waals surface area contributed by atoms with Crippen molar-refractivity contribution in [1.82, 2.24) is 25.5 Å². The van der Waals surface area contributed by atoms with Crippen LogP contribution in [0.15, 0.2) is 42.5 Å². The van der Waals surface area contributed by atoms with Gasteiger partial charge in [-0.3, -0.25) is 0 Å². The maximum Gasteiger partial charge on any atom is 0.194 e. The molecular formula is C22H27N5O3. The molecule has 0 amide bonds. The number of hydrogen-bond acceptors (Lipinski definition) is 7. The monoisotopic (exact) mass is 409 g/mol. The summed E-state index contributed by atoms with van der Waals surface area (Å²) in [6.45, 7) is 4.76. The fraction of sp³-hybridized carbons (Fsp3) is 0.409. The van der Waals surface area contributed by atoms with Gasteiger partial charge in [0.2, 0.25) is 0 Å². The average molecular weight is 409 g/mol. The summed E-state index contributed by atoms with van der Waals surface area (Å²) in [6, 6.07) is 13.9. The first-order chi connectivity index (χ1) is 14.7. The smallest absolute Gasteiger partial charge is 0.194 e. The van der Waals surface area contributed by atoms with Gasteiger partial charge < -0.3 is 19.5 Å². The van der Waals surface area contributed by atoms with Gasteiger partial charge in [0.05, 0.1) is 18.9 Å². The number of nitrogens with one attached hydrogen (secondary N) is 1. The van der Waals surface area contributed by atoms with Gasteiger partial charge in [0.15, 0.2) is 23.9 Å². The molecule has 2 aromatic carbocycles. The molecule has 0 aliphatic carbocycles. The van der Waals surface area contributed by atoms with Gasteiger partial charge in [-0.2, -0.15) is 4.68 Å². The summed E-state index contributed by atoms with van der Waals surface area (Å²) in [5.41, 5.74) is 3.20. The third-order valence-electron chi connectivity index (χ3n) is 5.12. The topological polar surface area (TPSA) is 83.3 Å². The van der Waals surface area contributed by atoms with Crippen LogP contribution < -0.4 is 14.8 Å². The van der Waals surface area contributed by atoms with E-state index >= 15 is 0 Å². The second-order valence-electron chi connectivity index (χ2n) is 7.38. The SMILES string of the molecule is COc1cc(CNC[C@@H]2CCCO2)ccc1OCc1nnnn1-c1ccc(C)cc1. The molecule has 8 nitrogen and oxygen atoms in total. The van der Waals surface area contributed by atoms with E-state index in [2.05, 4.69) is 20.8 Å². The van der Waals surface area contributed by atoms with E-state index in [4.69, 9.17) is 14.2 Å². The normalized spacial score (nSPS) is 16.0. The van der Waals surface area contributed by atoms with Crippen molar-refractivity contribution < 1.29 is 14.2 Å². The van der Waals surface area contributed by atoms with Crippen LogP contribution in [0.2, 0.25) is 0 Å². The first-order valence-electron chi connectivity index (χ1n) is 10.2. The molecule has 1 N–H and O–H groups in total. The summed E-state index contributed by atoms with van der Waals surface area (Å²) in [6.07, 6.45) is 2.61. The van der Waals surface area contributed by atoms with Crippen LogP contribution in [0, 0.1) is 6.92 Å². The summed E-state index contributed by atoms with van der Waals surface area (Å²) in [5, 5.41) is 15.4. The highest BCUT2D eigenvalue weighted by Crippen LogP contribution is 2.29. The van der Waals surface area contributed by atoms with E-state index in [1.54, 1.807) is 11.8 Å². The minimum Gasteiger partial charge on any atom is -0.493 e. The summed E-state index contributed by atoms with van der Waals surface area (Å²) in [4.78, 5) is 0. The van der Waals surface area contributed by atoms with Crippen molar-refractivity contribution in [3.63, 3.8) is 0 Å². The molecule has 0 bridgehead atoms. The maximum absolute atomic E-state index is 5.97. The standard InChI is InChI=1S/C22H27N5O3/c1-16-5-8-18(9-6-16)27-22(24-25-26-27)15-30-20-10-7-17(12-21(20)28-2)13-23-14-19-4-3-11-29-19/h5-10,12,19,23H,3-4,11,13-15H2,1-2H3/t19-/m0/s1. The van der Waals surface area contributed by atoms with Crippen LogP contribution in [-0.4, -0.2) is 46.6 Å². The predicted molar refractivity (Wildman–Crippen MR) is 112 cm³/mol. The number of hydrogen-bond donors (Lipinski definition) is 1. The Morgan fingerprint density at radius 1 is 1.17 bits per heavy atom. The molecule has 4 rings (SSSR count). The zero-order chi connectivity index (χ0) is 20.8. The van der Waals surface area contributed by atoms with Crippen molar-refractivity contribution in [1.29, 1.82) is 0 Å². The van der Waals surface area contributed by atoms with Gasteiger partial charge in [-0.25, -0.2) is 0 Å². The number of aryl methyl sites for hydroxylation is 1. The van der Waals surface area contributed by atoms with Crippen molar-refractivity contribution in [2.24, 2.45) is 0 Å². The van der Waals surface area contributed by atoms with Crippen molar-refractivity contribution >= 4 is 0 Å². The Morgan fingerprint density at radius 2 is 2.03 bits per heavy atom. The number of rotatable bonds is 9. The van der Waals surface area contributed by atoms with Crippen LogP contribution in [0.3, 0.4) is 0 Å². The number of nitrogens with zero attached hydrogens (tertiary/aromatic N) is 4. The minimum absolute atomic E-state index is 0.230. The largest absolute Gasteiger partial charge is 0.493 e. The van der Waals surface area contributed by atoms with Crippen molar-refractivity contribution in [3.05, 3.63) is 59.4 Å². The highest BCUT2D eigenvalue weighted by molar-refractivity contribution is 5.43. The molecule has 30 heavy (non-hydrogen) atoms. The lowest BCUT2D eigenvalue weighted by atomic mass is 10.2. The van der Waals surface area contributed by atoms with E-state index in [-0.39, 0.29) is 6.61 Å². The van der Waals surface area contributed by atoms with E-state index in [0.717, 1.165) is 43.8 Å². The lowest BCUT2D eigenvalue weighted by molar-refractivity contribution is 0.110. The first-order valence-corrected chi connectivity index (χ1v) is 10.2. The van der Waals surface area contributed by atoms with Gasteiger partial charge in [0.25, 0.3) is 0 Å². The molecule has 158 valence electrons. The molecule has 3 aromatic rings. The number of aromatic nitrogens is 4. The fourth-order valence-corrected chi connectivity index (χ4v) is 3.45. The lowest BCUT2D eigenvalue weighted by Gasteiger charge is -2.14. The highest BCUT2D eigenvalue weighted by Gasteiger charge is 2.15. The second-order valence-corrected chi connectivity index (χ2v) is 7.38. The van der Waals surface area contributed by atoms with Crippen LogP contribution in [0.5, 0.6) is 11.5 Å². The highest BCUT2D eigenvalue weighted by atomic mass is 16.5. The average Bonchev–Trinajstić information content (AvgIpc) is 3.45. The van der Waals surface area contributed by atoms with Gasteiger partial charge in [0.1, 0.15) is 0 Å². The third-order valence-corrected chi connectivity index (χ3v) is 5.12. The van der Waals surface area contributed by atoms with Crippen LogP contribution in [0.25, 0.3) is 5.69 Å². The predicted octanol–water partition coefficient (Wildman–Crippen LogP) is 2.83. The van der Waals surface area contributed by atoms with E-state index in [1.165, 1.54) is 5.56 Å². The molecule has 2 heterocycles. The molecule has 0 saturated carbocycles. The molecule has 1 saturated heterocycles. The summed E-state index contributed by atoms with van der Waals surface area (Å²) >= 11 is 0. The maximum atomic E-state index is 5.97. The van der Waals surface area contributed by atoms with Gasteiger partial charge in [0, 0.05) is 19.7 Å². The van der Waals surface area contributed by atoms with Crippen molar-refractivity contribution in [3.8, 4) is 17.2 Å². The number of tetrazole rings is 1. The van der Waals surface area contributed by atoms with Crippen LogP contribution in [0.4, 0.5) is 0 Å². The molecule has 0 spiro atoms. The fourth-order valence-electron chi connectivity index (χ4n) is 3.45. The van der Waals surface area contributed by atoms with Crippen LogP contribution >= 0.6 is 0 Å². The number of methoxy groups -OCH3 is 1. The molecular weight excluding hydrogens is 382 g/mol. The van der Waals surface area contributed by atoms with Crippen LogP contribution in [-0.2, 0) is 17.9 Å². The van der Waals surface area contributed by atoms with E-state index in [1.807, 2.05) is 49.4 Å². The molecule has 1 aliphatic rings. The minimum atomic E-state index is 0.230. The zero-order valence-corrected chi connectivity index (χ0v) is 17.4. The second kappa shape index (κ2) is 9.69. The Kier molecular flexibility index (Phi) is 6.56. The van der Waals surface area contributed by atoms with Gasteiger partial charge >= 0.3 is 0 Å². The van der Waals surface area contributed by atoms with Crippen LogP contribution in [0.1, 0.15) is 29.8 Å². The van der Waals surface area contributed by atoms with Gasteiger partial charge in [-0.1, -0.05) is 23.8 Å². The first kappa shape index (κ1) is 20.3. The van der Waals surface area contributed by atoms with Crippen molar-refractivity contribution in [2.45, 2.75) is 39.0 Å². The summed E-state index contributed by atoms with van der Waals surface area (Å²) < 4.78 is 18.8. The molecule has 1 atom stereocenters. The zero-order valence-electron chi connectivity index (χ0n) is 17.4. The lowest BCUT2D eigenvalue weighted by Crippen LogP contribution is -2.25. The third kappa shape index (κ3) is 4.95. The van der Waals surface area contributed by atoms with E-state index in [9.17, 15) is 0 Å². The Labute approximate surface area is 176 Å². The number of ether oxygens (including phenoxy) is 3. The summed E-state index contributed by atoms with van der Waals surface area (Å²) in [5.74, 6) is 1.95. The van der Waals surface area contributed by atoms with Gasteiger partial charge in [-0.15, -0.1) is 5.10 Å². The van der Waals surface area contributed by atoms with Gasteiger partial charge in [-0.05, 0) is 60.0 Å². The quantitative estimate of drug-likeness (QED) is 0.582. The Balaban J connectivity index is 1.37. The van der Waals surface area contributed by atoms with Crippen molar-refractivity contribution in [2.75, 3.05) is 20.3 Å². The van der Waals surface area contributed by atoms with E-state index < -0.39 is 0 Å². The Bertz CT molecular complexity index is 952. The molecule has 0 unspecified atom stereocenters. The molecule has 1 aromatic heterocycles. The van der Waals surface area contributed by atoms with E-state index in [0.29, 0.717) is 23.4 Å². The Hall–Kier alpha value is -2.97. The molecule has 0 radical (unpaired) electrons. The number of benzene rings is 2. The summed E-state index contributed by atoms with van der Waals surface area (Å²) in [7, 11) is 1.64.